The maximum absolute atomic E-state index is 13.1. The number of aromatic amines is 1. The molecule has 0 bridgehead atoms. The van der Waals surface area contributed by atoms with Gasteiger partial charge in [-0.2, -0.15) is 0 Å². The maximum Gasteiger partial charge on any atom is 0.326 e. The van der Waals surface area contributed by atoms with Gasteiger partial charge in [-0.15, -0.1) is 0 Å². The Morgan fingerprint density at radius 3 is 1.79 bits per heavy atom. The standard InChI is InChI=1S/C26H34N6O10/c27-15(11-13-12-29-16-4-2-1-3-14(13)16)23(38)30-18(6-9-21(34)35)24(39)31-17(5-8-20(28)33)25(40)32-19(26(41)42)7-10-22(36)37/h1-4,12,15,17-19,29H,5-11,27H2,(H2,28,33)(H,30,38)(H,31,39)(H,32,40)(H,34,35)(H,36,37)(H,41,42). The first kappa shape index (κ1) is 33.2. The van der Waals surface area contributed by atoms with Crippen molar-refractivity contribution < 1.29 is 48.9 Å². The molecule has 1 heterocycles. The Bertz CT molecular complexity index is 1330. The molecule has 1 aromatic heterocycles. The van der Waals surface area contributed by atoms with Crippen LogP contribution in [-0.2, 0) is 40.0 Å². The molecule has 4 unspecified atom stereocenters. The SMILES string of the molecule is NC(=O)CCC(NC(=O)C(CCC(=O)O)NC(=O)C(N)Cc1c[nH]c2ccccc12)C(=O)NC(CCC(=O)O)C(=O)O. The average molecular weight is 591 g/mol. The van der Waals surface area contributed by atoms with Crippen molar-refractivity contribution in [1.82, 2.24) is 20.9 Å². The third kappa shape index (κ3) is 10.5. The number of carboxylic acid groups (broad SMARTS) is 3. The van der Waals surface area contributed by atoms with E-state index in [1.54, 1.807) is 6.20 Å². The number of aliphatic carboxylic acids is 3. The van der Waals surface area contributed by atoms with Crippen molar-refractivity contribution in [3.8, 4) is 0 Å². The lowest BCUT2D eigenvalue weighted by Gasteiger charge is -2.25. The van der Waals surface area contributed by atoms with E-state index in [2.05, 4.69) is 20.9 Å². The Kier molecular flexibility index (Phi) is 12.4. The van der Waals surface area contributed by atoms with Crippen LogP contribution in [-0.4, -0.2) is 86.0 Å². The lowest BCUT2D eigenvalue weighted by atomic mass is 10.0. The molecule has 228 valence electrons. The highest BCUT2D eigenvalue weighted by atomic mass is 16.4. The summed E-state index contributed by atoms with van der Waals surface area (Å²) in [5.74, 6) is -7.75. The number of amides is 4. The highest BCUT2D eigenvalue weighted by Crippen LogP contribution is 2.19. The zero-order valence-electron chi connectivity index (χ0n) is 22.5. The van der Waals surface area contributed by atoms with Crippen LogP contribution in [0, 0.1) is 0 Å². The predicted octanol–water partition coefficient (Wildman–Crippen LogP) is -1.43. The number of carbonyl (C=O) groups is 7. The second-order valence-electron chi connectivity index (χ2n) is 9.56. The molecule has 16 heteroatoms. The second kappa shape index (κ2) is 15.7. The van der Waals surface area contributed by atoms with Gasteiger partial charge in [0.2, 0.25) is 23.6 Å². The molecule has 42 heavy (non-hydrogen) atoms. The summed E-state index contributed by atoms with van der Waals surface area (Å²) in [6, 6.07) is 1.57. The van der Waals surface area contributed by atoms with E-state index in [0.717, 1.165) is 16.5 Å². The molecule has 1 aromatic carbocycles. The first-order chi connectivity index (χ1) is 19.8. The first-order valence-electron chi connectivity index (χ1n) is 12.9. The highest BCUT2D eigenvalue weighted by molar-refractivity contribution is 5.95. The zero-order chi connectivity index (χ0) is 31.4. The summed E-state index contributed by atoms with van der Waals surface area (Å²) in [6.45, 7) is 0. The number of rotatable bonds is 18. The number of fused-ring (bicyclic) bond motifs is 1. The largest absolute Gasteiger partial charge is 0.481 e. The molecule has 4 amide bonds. The Hall–Kier alpha value is -4.99. The molecule has 0 radical (unpaired) electrons. The topological polar surface area (TPSA) is 284 Å². The van der Waals surface area contributed by atoms with Crippen LogP contribution >= 0.6 is 0 Å². The third-order valence-electron chi connectivity index (χ3n) is 6.31. The van der Waals surface area contributed by atoms with Crippen LogP contribution < -0.4 is 27.4 Å². The molecule has 16 nitrogen and oxygen atoms in total. The van der Waals surface area contributed by atoms with Crippen LogP contribution in [0.3, 0.4) is 0 Å². The van der Waals surface area contributed by atoms with Crippen molar-refractivity contribution in [2.75, 3.05) is 0 Å². The highest BCUT2D eigenvalue weighted by Gasteiger charge is 2.31. The van der Waals surface area contributed by atoms with Crippen molar-refractivity contribution in [3.63, 3.8) is 0 Å². The predicted molar refractivity (Wildman–Crippen MR) is 146 cm³/mol. The number of carbonyl (C=O) groups excluding carboxylic acids is 4. The molecule has 0 saturated carbocycles. The fourth-order valence-corrected chi connectivity index (χ4v) is 4.07. The van der Waals surface area contributed by atoms with Crippen LogP contribution in [0.4, 0.5) is 0 Å². The number of nitrogens with one attached hydrogen (secondary N) is 4. The van der Waals surface area contributed by atoms with Crippen LogP contribution in [0.15, 0.2) is 30.5 Å². The van der Waals surface area contributed by atoms with Gasteiger partial charge in [-0.3, -0.25) is 28.8 Å². The fraction of sp³-hybridized carbons (Fsp3) is 0.423. The molecule has 0 spiro atoms. The minimum Gasteiger partial charge on any atom is -0.481 e. The van der Waals surface area contributed by atoms with Gasteiger partial charge in [0.05, 0.1) is 6.04 Å². The maximum atomic E-state index is 13.1. The van der Waals surface area contributed by atoms with Gasteiger partial charge in [-0.25, -0.2) is 4.79 Å². The molecule has 0 aliphatic carbocycles. The van der Waals surface area contributed by atoms with Gasteiger partial charge in [-0.05, 0) is 37.3 Å². The molecule has 2 rings (SSSR count). The van der Waals surface area contributed by atoms with Crippen molar-refractivity contribution >= 4 is 52.4 Å². The molecule has 0 aliphatic heterocycles. The van der Waals surface area contributed by atoms with Gasteiger partial charge in [0, 0.05) is 36.4 Å². The van der Waals surface area contributed by atoms with Crippen molar-refractivity contribution in [2.24, 2.45) is 11.5 Å². The number of para-hydroxylation sites is 1. The van der Waals surface area contributed by atoms with Crippen LogP contribution in [0.1, 0.15) is 44.1 Å². The van der Waals surface area contributed by atoms with Gasteiger partial charge in [0.15, 0.2) is 0 Å². The van der Waals surface area contributed by atoms with Crippen molar-refractivity contribution in [2.45, 2.75) is 69.1 Å². The quantitative estimate of drug-likeness (QED) is 0.0970. The van der Waals surface area contributed by atoms with E-state index in [9.17, 15) is 38.7 Å². The Morgan fingerprint density at radius 1 is 0.738 bits per heavy atom. The van der Waals surface area contributed by atoms with Crippen LogP contribution in [0.5, 0.6) is 0 Å². The number of hydrogen-bond acceptors (Lipinski definition) is 8. The van der Waals surface area contributed by atoms with Gasteiger partial charge < -0.3 is 47.7 Å². The summed E-state index contributed by atoms with van der Waals surface area (Å²) < 4.78 is 0. The van der Waals surface area contributed by atoms with Gasteiger partial charge in [0.25, 0.3) is 0 Å². The summed E-state index contributed by atoms with van der Waals surface area (Å²) in [5.41, 5.74) is 12.8. The summed E-state index contributed by atoms with van der Waals surface area (Å²) in [5, 5.41) is 35.0. The number of nitrogens with two attached hydrogens (primary N) is 2. The van der Waals surface area contributed by atoms with E-state index < -0.39 is 91.4 Å². The van der Waals surface area contributed by atoms with Gasteiger partial charge >= 0.3 is 17.9 Å². The smallest absolute Gasteiger partial charge is 0.326 e. The normalized spacial score (nSPS) is 13.7. The number of primary amides is 1. The molecule has 0 aliphatic rings. The summed E-state index contributed by atoms with van der Waals surface area (Å²) >= 11 is 0. The summed E-state index contributed by atoms with van der Waals surface area (Å²) in [7, 11) is 0. The van der Waals surface area contributed by atoms with E-state index in [1.807, 2.05) is 24.3 Å². The molecular formula is C26H34N6O10. The van der Waals surface area contributed by atoms with Gasteiger partial charge in [-0.1, -0.05) is 18.2 Å². The number of benzene rings is 1. The molecule has 0 fully saturated rings. The van der Waals surface area contributed by atoms with E-state index in [4.69, 9.17) is 21.7 Å². The molecular weight excluding hydrogens is 556 g/mol. The Labute approximate surface area is 239 Å². The number of H-pyrrole nitrogens is 1. The second-order valence-corrected chi connectivity index (χ2v) is 9.56. The number of hydrogen-bond donors (Lipinski definition) is 9. The zero-order valence-corrected chi connectivity index (χ0v) is 22.5. The fourth-order valence-electron chi connectivity index (χ4n) is 4.07. The first-order valence-corrected chi connectivity index (χ1v) is 12.9. The van der Waals surface area contributed by atoms with Crippen molar-refractivity contribution in [3.05, 3.63) is 36.0 Å². The van der Waals surface area contributed by atoms with E-state index >= 15 is 0 Å². The Morgan fingerprint density at radius 2 is 1.24 bits per heavy atom. The van der Waals surface area contributed by atoms with Crippen LogP contribution in [0.25, 0.3) is 10.9 Å². The summed E-state index contributed by atoms with van der Waals surface area (Å²) in [6.07, 6.45) is -0.937. The lowest BCUT2D eigenvalue weighted by Crippen LogP contribution is -2.57. The number of aromatic nitrogens is 1. The Balaban J connectivity index is 2.17. The average Bonchev–Trinajstić information content (AvgIpc) is 3.32. The summed E-state index contributed by atoms with van der Waals surface area (Å²) in [4.78, 5) is 86.9. The van der Waals surface area contributed by atoms with Gasteiger partial charge in [0.1, 0.15) is 18.1 Å². The monoisotopic (exact) mass is 590 g/mol. The molecule has 0 saturated heterocycles. The third-order valence-corrected chi connectivity index (χ3v) is 6.31. The van der Waals surface area contributed by atoms with E-state index in [-0.39, 0.29) is 19.3 Å². The minimum absolute atomic E-state index is 0.0830. The minimum atomic E-state index is -1.62. The molecule has 2 aromatic rings. The molecule has 4 atom stereocenters. The lowest BCUT2D eigenvalue weighted by molar-refractivity contribution is -0.143. The van der Waals surface area contributed by atoms with Crippen LogP contribution in [0.2, 0.25) is 0 Å². The van der Waals surface area contributed by atoms with E-state index in [1.165, 1.54) is 0 Å². The number of carboxylic acids is 3. The molecule has 11 N–H and O–H groups in total. The van der Waals surface area contributed by atoms with Crippen molar-refractivity contribution in [1.29, 1.82) is 0 Å². The van der Waals surface area contributed by atoms with E-state index in [0.29, 0.717) is 0 Å².